The number of nitrogens with one attached hydrogen (secondary N) is 1. The van der Waals surface area contributed by atoms with Crippen LogP contribution >= 0.6 is 0 Å². The number of rotatable bonds is 2. The smallest absolute Gasteiger partial charge is 0.119 e. The van der Waals surface area contributed by atoms with E-state index in [0.717, 1.165) is 31.4 Å². The standard InChI is InChI=1S/C11H15NO/c1-2-3-9-6-10-8(4-5-12-10)7-11(9)13/h6-7,12-13H,2-5H2,1H3. The molecular formula is C11H15NO. The highest BCUT2D eigenvalue weighted by molar-refractivity contribution is 5.60. The van der Waals surface area contributed by atoms with Crippen molar-refractivity contribution >= 4 is 5.69 Å². The molecule has 0 radical (unpaired) electrons. The molecule has 0 aromatic heterocycles. The lowest BCUT2D eigenvalue weighted by molar-refractivity contribution is 0.467. The molecule has 2 N–H and O–H groups in total. The van der Waals surface area contributed by atoms with Gasteiger partial charge in [-0.3, -0.25) is 0 Å². The summed E-state index contributed by atoms with van der Waals surface area (Å²) in [6.45, 7) is 3.13. The zero-order valence-corrected chi connectivity index (χ0v) is 7.93. The van der Waals surface area contributed by atoms with Crippen LogP contribution in [0.25, 0.3) is 0 Å². The number of phenolic OH excluding ortho intramolecular Hbond substituents is 1. The van der Waals surface area contributed by atoms with Crippen LogP contribution in [0, 0.1) is 0 Å². The predicted molar refractivity (Wildman–Crippen MR) is 54.3 cm³/mol. The molecule has 0 saturated carbocycles. The molecule has 2 rings (SSSR count). The van der Waals surface area contributed by atoms with Gasteiger partial charge in [-0.05, 0) is 36.1 Å². The van der Waals surface area contributed by atoms with Crippen molar-refractivity contribution in [3.05, 3.63) is 23.3 Å². The number of hydrogen-bond acceptors (Lipinski definition) is 2. The first kappa shape index (κ1) is 8.42. The van der Waals surface area contributed by atoms with Crippen LogP contribution in [0.3, 0.4) is 0 Å². The third-order valence-electron chi connectivity index (χ3n) is 2.53. The minimum atomic E-state index is 0.462. The minimum Gasteiger partial charge on any atom is -0.508 e. The summed E-state index contributed by atoms with van der Waals surface area (Å²) in [5.41, 5.74) is 3.52. The Hall–Kier alpha value is -1.18. The summed E-state index contributed by atoms with van der Waals surface area (Å²) in [4.78, 5) is 0. The Bertz CT molecular complexity index is 320. The Morgan fingerprint density at radius 1 is 1.46 bits per heavy atom. The van der Waals surface area contributed by atoms with E-state index in [4.69, 9.17) is 0 Å². The minimum absolute atomic E-state index is 0.462. The highest BCUT2D eigenvalue weighted by atomic mass is 16.3. The van der Waals surface area contributed by atoms with Crippen molar-refractivity contribution in [1.82, 2.24) is 0 Å². The molecule has 0 amide bonds. The molecule has 1 aliphatic rings. The summed E-state index contributed by atoms with van der Waals surface area (Å²) in [6, 6.07) is 3.99. The van der Waals surface area contributed by atoms with Crippen LogP contribution in [-0.4, -0.2) is 11.7 Å². The van der Waals surface area contributed by atoms with Crippen LogP contribution in [0.1, 0.15) is 24.5 Å². The average molecular weight is 177 g/mol. The van der Waals surface area contributed by atoms with Crippen molar-refractivity contribution < 1.29 is 5.11 Å². The van der Waals surface area contributed by atoms with E-state index in [-0.39, 0.29) is 0 Å². The molecular weight excluding hydrogens is 162 g/mol. The van der Waals surface area contributed by atoms with Gasteiger partial charge in [-0.25, -0.2) is 0 Å². The Morgan fingerprint density at radius 2 is 2.31 bits per heavy atom. The highest BCUT2D eigenvalue weighted by Crippen LogP contribution is 2.30. The highest BCUT2D eigenvalue weighted by Gasteiger charge is 2.12. The second-order valence-corrected chi connectivity index (χ2v) is 3.56. The molecule has 0 fully saturated rings. The summed E-state index contributed by atoms with van der Waals surface area (Å²) in [7, 11) is 0. The van der Waals surface area contributed by atoms with Crippen molar-refractivity contribution in [3.8, 4) is 5.75 Å². The van der Waals surface area contributed by atoms with Crippen LogP contribution in [0.4, 0.5) is 5.69 Å². The van der Waals surface area contributed by atoms with Gasteiger partial charge < -0.3 is 10.4 Å². The van der Waals surface area contributed by atoms with Gasteiger partial charge in [0.2, 0.25) is 0 Å². The number of hydrogen-bond donors (Lipinski definition) is 2. The predicted octanol–water partition coefficient (Wildman–Crippen LogP) is 2.31. The molecule has 1 aromatic rings. The van der Waals surface area contributed by atoms with Crippen LogP contribution in [-0.2, 0) is 12.8 Å². The van der Waals surface area contributed by atoms with Gasteiger partial charge >= 0.3 is 0 Å². The summed E-state index contributed by atoms with van der Waals surface area (Å²) in [5, 5.41) is 13.0. The van der Waals surface area contributed by atoms with Crippen molar-refractivity contribution in [3.63, 3.8) is 0 Å². The van der Waals surface area contributed by atoms with Gasteiger partial charge in [-0.2, -0.15) is 0 Å². The zero-order chi connectivity index (χ0) is 9.26. The Balaban J connectivity index is 2.37. The van der Waals surface area contributed by atoms with Crippen molar-refractivity contribution in [2.75, 3.05) is 11.9 Å². The van der Waals surface area contributed by atoms with Gasteiger partial charge in [-0.1, -0.05) is 13.3 Å². The fourth-order valence-corrected chi connectivity index (χ4v) is 1.85. The fourth-order valence-electron chi connectivity index (χ4n) is 1.85. The monoisotopic (exact) mass is 177 g/mol. The third kappa shape index (κ3) is 1.48. The first-order valence-corrected chi connectivity index (χ1v) is 4.90. The van der Waals surface area contributed by atoms with Crippen LogP contribution < -0.4 is 5.32 Å². The van der Waals surface area contributed by atoms with E-state index >= 15 is 0 Å². The molecule has 2 nitrogen and oxygen atoms in total. The van der Waals surface area contributed by atoms with Gasteiger partial charge in [0.1, 0.15) is 5.75 Å². The summed E-state index contributed by atoms with van der Waals surface area (Å²) >= 11 is 0. The van der Waals surface area contributed by atoms with Gasteiger partial charge in [-0.15, -0.1) is 0 Å². The number of aromatic hydroxyl groups is 1. The van der Waals surface area contributed by atoms with Gasteiger partial charge in [0.15, 0.2) is 0 Å². The van der Waals surface area contributed by atoms with E-state index in [2.05, 4.69) is 18.3 Å². The molecule has 0 unspecified atom stereocenters. The molecule has 2 heteroatoms. The first-order chi connectivity index (χ1) is 6.31. The first-order valence-electron chi connectivity index (χ1n) is 4.90. The maximum Gasteiger partial charge on any atom is 0.119 e. The SMILES string of the molecule is CCCc1cc2c(cc1O)CCN2. The summed E-state index contributed by atoms with van der Waals surface area (Å²) in [5.74, 6) is 0.462. The lowest BCUT2D eigenvalue weighted by Gasteiger charge is -2.06. The quantitative estimate of drug-likeness (QED) is 0.679. The fraction of sp³-hybridized carbons (Fsp3) is 0.455. The molecule has 0 bridgehead atoms. The molecule has 0 spiro atoms. The lowest BCUT2D eigenvalue weighted by Crippen LogP contribution is -1.92. The molecule has 70 valence electrons. The molecule has 0 saturated heterocycles. The Labute approximate surface area is 78.6 Å². The number of fused-ring (bicyclic) bond motifs is 1. The maximum atomic E-state index is 9.68. The van der Waals surface area contributed by atoms with Crippen molar-refractivity contribution in [1.29, 1.82) is 0 Å². The molecule has 1 aromatic carbocycles. The third-order valence-corrected chi connectivity index (χ3v) is 2.53. The van der Waals surface area contributed by atoms with Crippen LogP contribution in [0.5, 0.6) is 5.75 Å². The largest absolute Gasteiger partial charge is 0.508 e. The Kier molecular flexibility index (Phi) is 2.13. The maximum absolute atomic E-state index is 9.68. The lowest BCUT2D eigenvalue weighted by atomic mass is 10.0. The normalized spacial score (nSPS) is 13.9. The molecule has 1 heterocycles. The summed E-state index contributed by atoms with van der Waals surface area (Å²) in [6.07, 6.45) is 3.07. The van der Waals surface area contributed by atoms with Crippen LogP contribution in [0.15, 0.2) is 12.1 Å². The van der Waals surface area contributed by atoms with E-state index in [0.29, 0.717) is 5.75 Å². The van der Waals surface area contributed by atoms with E-state index in [1.807, 2.05) is 6.07 Å². The topological polar surface area (TPSA) is 32.3 Å². The zero-order valence-electron chi connectivity index (χ0n) is 7.93. The van der Waals surface area contributed by atoms with E-state index < -0.39 is 0 Å². The Morgan fingerprint density at radius 3 is 3.08 bits per heavy atom. The van der Waals surface area contributed by atoms with E-state index in [1.165, 1.54) is 11.3 Å². The van der Waals surface area contributed by atoms with Gasteiger partial charge in [0.05, 0.1) is 0 Å². The number of benzene rings is 1. The second kappa shape index (κ2) is 3.29. The number of phenols is 1. The second-order valence-electron chi connectivity index (χ2n) is 3.56. The summed E-state index contributed by atoms with van der Waals surface area (Å²) < 4.78 is 0. The molecule has 0 aliphatic carbocycles. The number of aryl methyl sites for hydroxylation is 1. The molecule has 0 atom stereocenters. The van der Waals surface area contributed by atoms with E-state index in [9.17, 15) is 5.11 Å². The van der Waals surface area contributed by atoms with Crippen molar-refractivity contribution in [2.45, 2.75) is 26.2 Å². The molecule has 1 aliphatic heterocycles. The van der Waals surface area contributed by atoms with Crippen LogP contribution in [0.2, 0.25) is 0 Å². The molecule has 13 heavy (non-hydrogen) atoms. The van der Waals surface area contributed by atoms with E-state index in [1.54, 1.807) is 0 Å². The average Bonchev–Trinajstić information content (AvgIpc) is 2.52. The number of anilines is 1. The van der Waals surface area contributed by atoms with Gasteiger partial charge in [0, 0.05) is 12.2 Å². The van der Waals surface area contributed by atoms with Gasteiger partial charge in [0.25, 0.3) is 0 Å². The van der Waals surface area contributed by atoms with Crippen molar-refractivity contribution in [2.24, 2.45) is 0 Å².